The van der Waals surface area contributed by atoms with Gasteiger partial charge in [-0.1, -0.05) is 48.5 Å². The van der Waals surface area contributed by atoms with E-state index in [1.54, 1.807) is 24.1 Å². The van der Waals surface area contributed by atoms with Crippen LogP contribution in [0.3, 0.4) is 0 Å². The molecule has 5 rings (SSSR count). The molecule has 0 saturated heterocycles. The topological polar surface area (TPSA) is 89.6 Å². The Bertz CT molecular complexity index is 1860. The maximum Gasteiger partial charge on any atom is 0.253 e. The average Bonchev–Trinajstić information content (AvgIpc) is 3.11. The van der Waals surface area contributed by atoms with Crippen molar-refractivity contribution in [3.05, 3.63) is 126 Å². The Morgan fingerprint density at radius 2 is 1.45 bits per heavy atom. The van der Waals surface area contributed by atoms with Gasteiger partial charge in [0, 0.05) is 44.9 Å². The summed E-state index contributed by atoms with van der Waals surface area (Å²) in [6, 6.07) is 34.6. The van der Waals surface area contributed by atoms with Gasteiger partial charge in [-0.15, -0.1) is 0 Å². The normalized spacial score (nSPS) is 11.0. The Labute approximate surface area is 288 Å². The number of nitrogens with one attached hydrogen (secondary N) is 1. The Kier molecular flexibility index (Phi) is 12.4. The van der Waals surface area contributed by atoms with E-state index >= 15 is 0 Å². The van der Waals surface area contributed by atoms with E-state index in [0.29, 0.717) is 54.7 Å². The van der Waals surface area contributed by atoms with Crippen LogP contribution in [0.2, 0.25) is 0 Å². The second kappa shape index (κ2) is 17.3. The lowest BCUT2D eigenvalue weighted by atomic mass is 10.0. The van der Waals surface area contributed by atoms with Gasteiger partial charge in [0.05, 0.1) is 13.2 Å². The first-order chi connectivity index (χ1) is 23.8. The molecule has 9 nitrogen and oxygen atoms in total. The molecule has 0 heterocycles. The molecule has 5 aromatic rings. The first-order valence-corrected chi connectivity index (χ1v) is 16.2. The van der Waals surface area contributed by atoms with Gasteiger partial charge in [0.2, 0.25) is 0 Å². The summed E-state index contributed by atoms with van der Waals surface area (Å²) in [7, 11) is 7.37. The van der Waals surface area contributed by atoms with Crippen molar-refractivity contribution >= 4 is 22.6 Å². The second-order valence-electron chi connectivity index (χ2n) is 12.0. The van der Waals surface area contributed by atoms with Gasteiger partial charge in [0.15, 0.2) is 6.79 Å². The van der Waals surface area contributed by atoms with E-state index < -0.39 is 0 Å². The van der Waals surface area contributed by atoms with Crippen LogP contribution in [-0.4, -0.2) is 83.0 Å². The summed E-state index contributed by atoms with van der Waals surface area (Å²) in [5, 5.41) is 4.86. The standard InChI is InChI=1S/C40H43N3O6/c1-42(2)20-19-41-39(44)34-9-6-10-38(26-34)49-36-16-13-30(14-17-36)31-8-5-7-29(23-31)27-43(3)40(45)35-12-11-33-25-37(18-15-32(33)24-35)48-28-47-22-21-46-4/h5-18,23-26H,19-22,27-28H2,1-4H3,(H,41,44). The van der Waals surface area contributed by atoms with Crippen LogP contribution >= 0.6 is 0 Å². The molecule has 0 aliphatic carbocycles. The Balaban J connectivity index is 1.17. The molecule has 0 aliphatic heterocycles. The first-order valence-electron chi connectivity index (χ1n) is 16.2. The second-order valence-corrected chi connectivity index (χ2v) is 12.0. The molecule has 0 radical (unpaired) electrons. The number of ether oxygens (including phenoxy) is 4. The lowest BCUT2D eigenvalue weighted by molar-refractivity contribution is -0.00841. The largest absolute Gasteiger partial charge is 0.468 e. The smallest absolute Gasteiger partial charge is 0.253 e. The first kappa shape index (κ1) is 35.1. The van der Waals surface area contributed by atoms with Crippen molar-refractivity contribution in [3.8, 4) is 28.4 Å². The summed E-state index contributed by atoms with van der Waals surface area (Å²) in [5.74, 6) is 1.77. The number of likely N-dealkylation sites (N-methyl/N-ethyl adjacent to an activating group) is 1. The number of carbonyl (C=O) groups is 2. The third kappa shape index (κ3) is 10.1. The number of fused-ring (bicyclic) bond motifs is 1. The minimum atomic E-state index is -0.131. The molecule has 9 heteroatoms. The Morgan fingerprint density at radius 1 is 0.694 bits per heavy atom. The maximum absolute atomic E-state index is 13.4. The van der Waals surface area contributed by atoms with E-state index in [1.807, 2.05) is 117 Å². The van der Waals surface area contributed by atoms with E-state index in [0.717, 1.165) is 34.0 Å². The van der Waals surface area contributed by atoms with Gasteiger partial charge >= 0.3 is 0 Å². The van der Waals surface area contributed by atoms with Crippen molar-refractivity contribution in [1.29, 1.82) is 0 Å². The monoisotopic (exact) mass is 661 g/mol. The molecule has 254 valence electrons. The molecule has 0 atom stereocenters. The number of nitrogens with zero attached hydrogens (tertiary/aromatic N) is 2. The molecular formula is C40H43N3O6. The van der Waals surface area contributed by atoms with Gasteiger partial charge in [0.1, 0.15) is 17.2 Å². The van der Waals surface area contributed by atoms with Crippen LogP contribution in [0.1, 0.15) is 26.3 Å². The summed E-state index contributed by atoms with van der Waals surface area (Å²) in [6.45, 7) is 2.92. The van der Waals surface area contributed by atoms with Gasteiger partial charge in [-0.2, -0.15) is 0 Å². The number of amides is 2. The molecule has 0 saturated carbocycles. The number of carbonyl (C=O) groups excluding carboxylic acids is 2. The minimum absolute atomic E-state index is 0.0595. The predicted molar refractivity (Wildman–Crippen MR) is 192 cm³/mol. The number of methoxy groups -OCH3 is 1. The fourth-order valence-electron chi connectivity index (χ4n) is 5.22. The summed E-state index contributed by atoms with van der Waals surface area (Å²) in [6.07, 6.45) is 0. The van der Waals surface area contributed by atoms with Gasteiger partial charge < -0.3 is 34.1 Å². The van der Waals surface area contributed by atoms with Gasteiger partial charge in [-0.05, 0) is 102 Å². The zero-order chi connectivity index (χ0) is 34.6. The van der Waals surface area contributed by atoms with Crippen LogP contribution in [0.25, 0.3) is 21.9 Å². The fourth-order valence-corrected chi connectivity index (χ4v) is 5.22. The number of hydrogen-bond acceptors (Lipinski definition) is 7. The molecule has 5 aromatic carbocycles. The van der Waals surface area contributed by atoms with E-state index in [9.17, 15) is 9.59 Å². The highest BCUT2D eigenvalue weighted by Crippen LogP contribution is 2.28. The fraction of sp³-hybridized carbons (Fsp3) is 0.250. The van der Waals surface area contributed by atoms with E-state index in [4.69, 9.17) is 18.9 Å². The molecule has 0 aromatic heterocycles. The molecule has 0 bridgehead atoms. The van der Waals surface area contributed by atoms with Crippen LogP contribution in [0.15, 0.2) is 109 Å². The third-order valence-electron chi connectivity index (χ3n) is 7.86. The number of hydrogen-bond donors (Lipinski definition) is 1. The maximum atomic E-state index is 13.4. The molecule has 0 unspecified atom stereocenters. The zero-order valence-electron chi connectivity index (χ0n) is 28.5. The SMILES string of the molecule is COCCOCOc1ccc2cc(C(=O)N(C)Cc3cccc(-c4ccc(Oc5cccc(C(=O)NCCN(C)C)c5)cc4)c3)ccc2c1. The highest BCUT2D eigenvalue weighted by Gasteiger charge is 2.14. The molecule has 2 amide bonds. The average molecular weight is 662 g/mol. The van der Waals surface area contributed by atoms with Gasteiger partial charge in [-0.3, -0.25) is 9.59 Å². The third-order valence-corrected chi connectivity index (χ3v) is 7.86. The summed E-state index contributed by atoms with van der Waals surface area (Å²) >= 11 is 0. The predicted octanol–water partition coefficient (Wildman–Crippen LogP) is 6.86. The van der Waals surface area contributed by atoms with Crippen molar-refractivity contribution < 1.29 is 28.5 Å². The Morgan fingerprint density at radius 3 is 2.24 bits per heavy atom. The van der Waals surface area contributed by atoms with E-state index in [1.165, 1.54) is 0 Å². The highest BCUT2D eigenvalue weighted by atomic mass is 16.7. The molecule has 1 N–H and O–H groups in total. The van der Waals surface area contributed by atoms with E-state index in [-0.39, 0.29) is 18.6 Å². The van der Waals surface area contributed by atoms with Gasteiger partial charge in [-0.25, -0.2) is 0 Å². The quantitative estimate of drug-likeness (QED) is 0.0913. The van der Waals surface area contributed by atoms with Crippen molar-refractivity contribution in [2.75, 3.05) is 61.3 Å². The molecule has 0 aliphatic rings. The lowest BCUT2D eigenvalue weighted by Gasteiger charge is -2.18. The minimum Gasteiger partial charge on any atom is -0.468 e. The van der Waals surface area contributed by atoms with Crippen LogP contribution < -0.4 is 14.8 Å². The van der Waals surface area contributed by atoms with E-state index in [2.05, 4.69) is 11.4 Å². The molecule has 0 spiro atoms. The molecule has 0 fully saturated rings. The van der Waals surface area contributed by atoms with Crippen molar-refractivity contribution in [3.63, 3.8) is 0 Å². The van der Waals surface area contributed by atoms with Crippen LogP contribution in [0.4, 0.5) is 0 Å². The van der Waals surface area contributed by atoms with Crippen molar-refractivity contribution in [2.24, 2.45) is 0 Å². The summed E-state index contributed by atoms with van der Waals surface area (Å²) in [5.41, 5.74) is 4.25. The number of rotatable bonds is 16. The molecule has 49 heavy (non-hydrogen) atoms. The van der Waals surface area contributed by atoms with Crippen molar-refractivity contribution in [2.45, 2.75) is 6.54 Å². The summed E-state index contributed by atoms with van der Waals surface area (Å²) < 4.78 is 22.1. The van der Waals surface area contributed by atoms with Crippen LogP contribution in [0.5, 0.6) is 17.2 Å². The van der Waals surface area contributed by atoms with Crippen LogP contribution in [0, 0.1) is 0 Å². The zero-order valence-corrected chi connectivity index (χ0v) is 28.5. The molecular weight excluding hydrogens is 618 g/mol. The van der Waals surface area contributed by atoms with Crippen molar-refractivity contribution in [1.82, 2.24) is 15.1 Å². The Hall–Kier alpha value is -5.22. The highest BCUT2D eigenvalue weighted by molar-refractivity contribution is 5.98. The summed E-state index contributed by atoms with van der Waals surface area (Å²) in [4.78, 5) is 29.7. The number of benzene rings is 5. The van der Waals surface area contributed by atoms with Gasteiger partial charge in [0.25, 0.3) is 11.8 Å². The van der Waals surface area contributed by atoms with Crippen LogP contribution in [-0.2, 0) is 16.0 Å². The lowest BCUT2D eigenvalue weighted by Crippen LogP contribution is -2.31.